The van der Waals surface area contributed by atoms with Crippen molar-refractivity contribution in [3.05, 3.63) is 18.2 Å². The number of carboxylic acids is 1. The summed E-state index contributed by atoms with van der Waals surface area (Å²) in [6.45, 7) is 8.63. The summed E-state index contributed by atoms with van der Waals surface area (Å²) >= 11 is 0. The Balaban J connectivity index is 2.90. The lowest BCUT2D eigenvalue weighted by Gasteiger charge is -2.27. The smallest absolute Gasteiger partial charge is 0.326 e. The first-order valence-electron chi connectivity index (χ1n) is 13.2. The van der Waals surface area contributed by atoms with Crippen molar-refractivity contribution in [1.29, 1.82) is 0 Å². The van der Waals surface area contributed by atoms with Gasteiger partial charge in [-0.3, -0.25) is 19.2 Å². The minimum absolute atomic E-state index is 0.0736. The predicted octanol–water partition coefficient (Wildman–Crippen LogP) is -1.24. The van der Waals surface area contributed by atoms with Gasteiger partial charge in [-0.2, -0.15) is 0 Å². The Bertz CT molecular complexity index is 952. The highest BCUT2D eigenvalue weighted by Gasteiger charge is 2.32. The van der Waals surface area contributed by atoms with Crippen molar-refractivity contribution >= 4 is 29.6 Å². The summed E-state index contributed by atoms with van der Waals surface area (Å²) in [5, 5.41) is 19.6. The van der Waals surface area contributed by atoms with E-state index in [1.54, 1.807) is 27.7 Å². The summed E-state index contributed by atoms with van der Waals surface area (Å²) in [4.78, 5) is 69.7. The molecule has 39 heavy (non-hydrogen) atoms. The molecule has 10 N–H and O–H groups in total. The van der Waals surface area contributed by atoms with Crippen LogP contribution < -0.4 is 32.7 Å². The molecule has 0 saturated carbocycles. The first kappa shape index (κ1) is 33.5. The third kappa shape index (κ3) is 11.4. The molecule has 220 valence electrons. The lowest BCUT2D eigenvalue weighted by Crippen LogP contribution is -2.59. The molecular weight excluding hydrogens is 508 g/mol. The largest absolute Gasteiger partial charge is 0.480 e. The molecule has 0 aromatic carbocycles. The van der Waals surface area contributed by atoms with Crippen LogP contribution in [0.3, 0.4) is 0 Å². The van der Waals surface area contributed by atoms with Crippen LogP contribution >= 0.6 is 0 Å². The van der Waals surface area contributed by atoms with Gasteiger partial charge >= 0.3 is 5.97 Å². The van der Waals surface area contributed by atoms with E-state index in [4.69, 9.17) is 11.5 Å². The van der Waals surface area contributed by atoms with Crippen LogP contribution in [0.25, 0.3) is 0 Å². The number of nitrogens with zero attached hydrogens (tertiary/aromatic N) is 1. The van der Waals surface area contributed by atoms with Gasteiger partial charge in [-0.25, -0.2) is 9.78 Å². The second-order valence-corrected chi connectivity index (χ2v) is 10.3. The van der Waals surface area contributed by atoms with Crippen molar-refractivity contribution in [1.82, 2.24) is 31.2 Å². The molecule has 0 aliphatic heterocycles. The van der Waals surface area contributed by atoms with Gasteiger partial charge in [-0.05, 0) is 38.1 Å². The van der Waals surface area contributed by atoms with Crippen LogP contribution in [0.5, 0.6) is 0 Å². The average molecular weight is 553 g/mol. The molecule has 0 saturated heterocycles. The van der Waals surface area contributed by atoms with Gasteiger partial charge in [0.15, 0.2) is 0 Å². The first-order valence-corrected chi connectivity index (χ1v) is 13.2. The summed E-state index contributed by atoms with van der Waals surface area (Å²) in [7, 11) is 0. The fourth-order valence-electron chi connectivity index (χ4n) is 3.69. The van der Waals surface area contributed by atoms with Gasteiger partial charge in [0.05, 0.1) is 12.4 Å². The van der Waals surface area contributed by atoms with Gasteiger partial charge < -0.3 is 42.8 Å². The van der Waals surface area contributed by atoms with E-state index in [1.807, 2.05) is 0 Å². The number of nitrogens with two attached hydrogens (primary N) is 2. The third-order valence-electron chi connectivity index (χ3n) is 6.15. The summed E-state index contributed by atoms with van der Waals surface area (Å²) in [6, 6.07) is -5.13. The maximum atomic E-state index is 13.1. The highest BCUT2D eigenvalue weighted by molar-refractivity contribution is 5.95. The second-order valence-electron chi connectivity index (χ2n) is 10.3. The number of carbonyl (C=O) groups is 5. The number of carboxylic acid groups (broad SMARTS) is 1. The number of aromatic nitrogens is 2. The number of hydrogen-bond donors (Lipinski definition) is 8. The molecule has 4 amide bonds. The molecule has 1 aromatic heterocycles. The molecule has 0 unspecified atom stereocenters. The van der Waals surface area contributed by atoms with Crippen molar-refractivity contribution in [3.63, 3.8) is 0 Å². The van der Waals surface area contributed by atoms with E-state index in [-0.39, 0.29) is 18.3 Å². The van der Waals surface area contributed by atoms with Crippen LogP contribution in [0.2, 0.25) is 0 Å². The number of nitrogens with one attached hydrogen (secondary N) is 5. The number of imidazole rings is 1. The second kappa shape index (κ2) is 16.4. The lowest BCUT2D eigenvalue weighted by atomic mass is 10.00. The van der Waals surface area contributed by atoms with Crippen molar-refractivity contribution in [2.24, 2.45) is 23.3 Å². The van der Waals surface area contributed by atoms with Crippen LogP contribution in [0.15, 0.2) is 12.5 Å². The van der Waals surface area contributed by atoms with E-state index in [9.17, 15) is 29.1 Å². The van der Waals surface area contributed by atoms with Crippen molar-refractivity contribution in [3.8, 4) is 0 Å². The number of unbranched alkanes of at least 4 members (excludes halogenated alkanes) is 1. The van der Waals surface area contributed by atoms with Gasteiger partial charge in [0.2, 0.25) is 23.6 Å². The molecule has 5 atom stereocenters. The van der Waals surface area contributed by atoms with Gasteiger partial charge in [-0.15, -0.1) is 0 Å². The molecule has 0 aliphatic rings. The normalized spacial score (nSPS) is 15.1. The summed E-state index contributed by atoms with van der Waals surface area (Å²) in [5.74, 6) is -4.37. The van der Waals surface area contributed by atoms with Crippen molar-refractivity contribution < 1.29 is 29.1 Å². The molecule has 1 aromatic rings. The fourth-order valence-corrected chi connectivity index (χ4v) is 3.69. The number of hydrogen-bond acceptors (Lipinski definition) is 8. The fraction of sp³-hybridized carbons (Fsp3) is 0.680. The average Bonchev–Trinajstić information content (AvgIpc) is 3.37. The van der Waals surface area contributed by atoms with Crippen molar-refractivity contribution in [2.45, 2.75) is 90.5 Å². The number of aliphatic carboxylic acids is 1. The molecule has 0 aliphatic carbocycles. The highest BCUT2D eigenvalue weighted by atomic mass is 16.4. The summed E-state index contributed by atoms with van der Waals surface area (Å²) < 4.78 is 0. The number of rotatable bonds is 17. The van der Waals surface area contributed by atoms with Crippen LogP contribution in [0, 0.1) is 11.8 Å². The quantitative estimate of drug-likeness (QED) is 0.108. The molecule has 0 radical (unpaired) electrons. The number of carbonyl (C=O) groups excluding carboxylic acids is 4. The van der Waals surface area contributed by atoms with Gasteiger partial charge in [0.25, 0.3) is 0 Å². The van der Waals surface area contributed by atoms with Gasteiger partial charge in [0.1, 0.15) is 24.2 Å². The Labute approximate surface area is 228 Å². The third-order valence-corrected chi connectivity index (χ3v) is 6.15. The zero-order valence-electron chi connectivity index (χ0n) is 23.3. The molecule has 1 heterocycles. The molecule has 1 rings (SSSR count). The van der Waals surface area contributed by atoms with E-state index in [2.05, 4.69) is 31.2 Å². The zero-order valence-corrected chi connectivity index (χ0v) is 23.3. The molecule has 14 heteroatoms. The molecule has 0 fully saturated rings. The minimum Gasteiger partial charge on any atom is -0.480 e. The molecular formula is C25H44N8O6. The molecule has 14 nitrogen and oxygen atoms in total. The minimum atomic E-state index is -1.18. The van der Waals surface area contributed by atoms with Crippen LogP contribution in [-0.2, 0) is 30.4 Å². The Morgan fingerprint density at radius 1 is 0.872 bits per heavy atom. The van der Waals surface area contributed by atoms with E-state index in [0.29, 0.717) is 25.1 Å². The standard InChI is InChI=1S/C25H44N8O6/c1-13(2)19(24(37)33-20(14(3)4)25(38)39)32-21(34)15(5)30-23(36)18(10-16-11-28-12-29-16)31-22(35)17(27)8-6-7-9-26/h11-15,17-20H,6-10,26-27H2,1-5H3,(H,28,29)(H,30,36)(H,31,35)(H,32,34)(H,33,37)(H,38,39)/t15-,17-,18-,19-,20-/m0/s1. The Hall–Kier alpha value is -3.52. The predicted molar refractivity (Wildman–Crippen MR) is 144 cm³/mol. The van der Waals surface area contributed by atoms with Crippen LogP contribution in [-0.4, -0.2) is 81.4 Å². The first-order chi connectivity index (χ1) is 18.3. The van der Waals surface area contributed by atoms with Gasteiger partial charge in [-0.1, -0.05) is 34.1 Å². The SMILES string of the molecule is CC(C)[C@H](NC(=O)[C@@H](NC(=O)[C@H](C)NC(=O)[C@H](Cc1cnc[nH]1)NC(=O)[C@@H](N)CCCCN)C(C)C)C(=O)O. The molecule has 0 bridgehead atoms. The molecule has 0 spiro atoms. The monoisotopic (exact) mass is 552 g/mol. The number of amides is 4. The topological polar surface area (TPSA) is 234 Å². The van der Waals surface area contributed by atoms with Crippen molar-refractivity contribution in [2.75, 3.05) is 6.54 Å². The van der Waals surface area contributed by atoms with E-state index >= 15 is 0 Å². The van der Waals surface area contributed by atoms with E-state index < -0.39 is 59.8 Å². The highest BCUT2D eigenvalue weighted by Crippen LogP contribution is 2.08. The Morgan fingerprint density at radius 3 is 2.00 bits per heavy atom. The summed E-state index contributed by atoms with van der Waals surface area (Å²) in [5.41, 5.74) is 12.0. The maximum absolute atomic E-state index is 13.1. The van der Waals surface area contributed by atoms with Gasteiger partial charge in [0, 0.05) is 18.3 Å². The number of H-pyrrole nitrogens is 1. The summed E-state index contributed by atoms with van der Waals surface area (Å²) in [6.07, 6.45) is 4.80. The Morgan fingerprint density at radius 2 is 1.49 bits per heavy atom. The van der Waals surface area contributed by atoms with E-state index in [0.717, 1.165) is 6.42 Å². The Kier molecular flexibility index (Phi) is 14.1. The van der Waals surface area contributed by atoms with Crippen LogP contribution in [0.4, 0.5) is 0 Å². The number of aromatic amines is 1. The van der Waals surface area contributed by atoms with E-state index in [1.165, 1.54) is 19.4 Å². The van der Waals surface area contributed by atoms with Crippen LogP contribution in [0.1, 0.15) is 59.6 Å². The lowest BCUT2D eigenvalue weighted by molar-refractivity contribution is -0.143. The maximum Gasteiger partial charge on any atom is 0.326 e. The zero-order chi connectivity index (χ0) is 29.7.